The zero-order valence-electron chi connectivity index (χ0n) is 21.5. The molecule has 0 spiro atoms. The maximum Gasteiger partial charge on any atom is 0.220 e. The molecule has 0 saturated carbocycles. The van der Waals surface area contributed by atoms with E-state index in [1.807, 2.05) is 18.2 Å². The van der Waals surface area contributed by atoms with Crippen LogP contribution in [-0.2, 0) is 17.8 Å². The van der Waals surface area contributed by atoms with E-state index in [1.165, 1.54) is 12.0 Å². The number of likely N-dealkylation sites (N-methyl/N-ethyl adjacent to an activating group) is 1. The zero-order chi connectivity index (χ0) is 24.5. The molecule has 2 aromatic rings. The highest BCUT2D eigenvalue weighted by molar-refractivity contribution is 5.75. The molecule has 0 aliphatic carbocycles. The number of methoxy groups -OCH3 is 1. The highest BCUT2D eigenvalue weighted by Crippen LogP contribution is 2.28. The average Bonchev–Trinajstić information content (AvgIpc) is 2.89. The molecule has 0 bridgehead atoms. The van der Waals surface area contributed by atoms with Crippen LogP contribution >= 0.6 is 0 Å². The van der Waals surface area contributed by atoms with Gasteiger partial charge in [-0.15, -0.1) is 0 Å². The van der Waals surface area contributed by atoms with Crippen molar-refractivity contribution in [3.05, 3.63) is 65.7 Å². The molecule has 6 heteroatoms. The Labute approximate surface area is 211 Å². The minimum Gasteiger partial charge on any atom is -0.496 e. The number of amides is 1. The number of para-hydroxylation sites is 1. The second-order valence-corrected chi connectivity index (χ2v) is 10.1. The standard InChI is InChI=1S/C29H42N4O2/c1-31-18-20-33(21-19-31)27-15-17-32(22-24-8-4-3-5-9-24)23-26(27)12-13-29(34)30-16-14-25-10-6-7-11-28(25)35-2/h3-11,26-27H,12-23H2,1-2H3,(H,30,34)/t26-,27+/m1/s1. The lowest BCUT2D eigenvalue weighted by atomic mass is 9.86. The van der Waals surface area contributed by atoms with Gasteiger partial charge in [0.1, 0.15) is 5.75 Å². The van der Waals surface area contributed by atoms with Crippen LogP contribution in [0.15, 0.2) is 54.6 Å². The summed E-state index contributed by atoms with van der Waals surface area (Å²) in [6.45, 7) is 8.40. The van der Waals surface area contributed by atoms with Gasteiger partial charge in [0.05, 0.1) is 7.11 Å². The molecular formula is C29H42N4O2. The molecule has 190 valence electrons. The lowest BCUT2D eigenvalue weighted by molar-refractivity contribution is -0.121. The number of benzene rings is 2. The number of piperidine rings is 1. The van der Waals surface area contributed by atoms with E-state index in [0.717, 1.165) is 70.0 Å². The van der Waals surface area contributed by atoms with Gasteiger partial charge in [-0.3, -0.25) is 14.6 Å². The van der Waals surface area contributed by atoms with Crippen molar-refractivity contribution in [3.8, 4) is 5.75 Å². The molecule has 4 rings (SSSR count). The molecule has 0 aromatic heterocycles. The van der Waals surface area contributed by atoms with Gasteiger partial charge >= 0.3 is 0 Å². The summed E-state index contributed by atoms with van der Waals surface area (Å²) in [6.07, 6.45) is 3.52. The molecule has 1 amide bonds. The Morgan fingerprint density at radius 1 is 1.00 bits per heavy atom. The Morgan fingerprint density at radius 3 is 2.51 bits per heavy atom. The number of hydrogen-bond donors (Lipinski definition) is 1. The first-order valence-corrected chi connectivity index (χ1v) is 13.2. The fraction of sp³-hybridized carbons (Fsp3) is 0.552. The molecule has 2 aliphatic rings. The predicted molar refractivity (Wildman–Crippen MR) is 142 cm³/mol. The highest BCUT2D eigenvalue weighted by atomic mass is 16.5. The number of rotatable bonds is 10. The fourth-order valence-electron chi connectivity index (χ4n) is 5.65. The first-order chi connectivity index (χ1) is 17.1. The summed E-state index contributed by atoms with van der Waals surface area (Å²) in [4.78, 5) is 20.5. The van der Waals surface area contributed by atoms with Gasteiger partial charge in [-0.25, -0.2) is 0 Å². The van der Waals surface area contributed by atoms with Crippen LogP contribution in [0.4, 0.5) is 0 Å². The van der Waals surface area contributed by atoms with Gasteiger partial charge in [0, 0.05) is 58.3 Å². The van der Waals surface area contributed by atoms with Crippen LogP contribution in [0.5, 0.6) is 5.75 Å². The number of hydrogen-bond acceptors (Lipinski definition) is 5. The van der Waals surface area contributed by atoms with E-state index in [9.17, 15) is 4.79 Å². The summed E-state index contributed by atoms with van der Waals surface area (Å²) >= 11 is 0. The first kappa shape index (κ1) is 25.7. The van der Waals surface area contributed by atoms with Crippen LogP contribution < -0.4 is 10.1 Å². The van der Waals surface area contributed by atoms with E-state index in [4.69, 9.17) is 4.74 Å². The van der Waals surface area contributed by atoms with Crippen molar-refractivity contribution >= 4 is 5.91 Å². The van der Waals surface area contributed by atoms with Crippen LogP contribution in [0.3, 0.4) is 0 Å². The maximum atomic E-state index is 12.8. The summed E-state index contributed by atoms with van der Waals surface area (Å²) < 4.78 is 5.43. The molecule has 0 radical (unpaired) electrons. The smallest absolute Gasteiger partial charge is 0.220 e. The van der Waals surface area contributed by atoms with Gasteiger partial charge in [-0.1, -0.05) is 48.5 Å². The van der Waals surface area contributed by atoms with Crippen LogP contribution in [0.2, 0.25) is 0 Å². The quantitative estimate of drug-likeness (QED) is 0.568. The minimum absolute atomic E-state index is 0.164. The number of likely N-dealkylation sites (tertiary alicyclic amines) is 1. The van der Waals surface area contributed by atoms with Crippen molar-refractivity contribution in [1.29, 1.82) is 0 Å². The summed E-state index contributed by atoms with van der Waals surface area (Å²) in [7, 11) is 3.91. The summed E-state index contributed by atoms with van der Waals surface area (Å²) in [5.41, 5.74) is 2.51. The van der Waals surface area contributed by atoms with Crippen LogP contribution in [0.1, 0.15) is 30.4 Å². The third kappa shape index (κ3) is 7.53. The monoisotopic (exact) mass is 478 g/mol. The van der Waals surface area contributed by atoms with Gasteiger partial charge in [0.2, 0.25) is 5.91 Å². The van der Waals surface area contributed by atoms with Crippen molar-refractivity contribution in [3.63, 3.8) is 0 Å². The Bertz CT molecular complexity index is 914. The van der Waals surface area contributed by atoms with Crippen LogP contribution in [0.25, 0.3) is 0 Å². The molecule has 6 nitrogen and oxygen atoms in total. The molecule has 2 fully saturated rings. The molecular weight excluding hydrogens is 436 g/mol. The molecule has 2 aliphatic heterocycles. The Balaban J connectivity index is 1.30. The first-order valence-electron chi connectivity index (χ1n) is 13.2. The largest absolute Gasteiger partial charge is 0.496 e. The topological polar surface area (TPSA) is 48.1 Å². The van der Waals surface area contributed by atoms with Crippen molar-refractivity contribution < 1.29 is 9.53 Å². The van der Waals surface area contributed by atoms with E-state index >= 15 is 0 Å². The third-order valence-electron chi connectivity index (χ3n) is 7.69. The second kappa shape index (κ2) is 13.1. The van der Waals surface area contributed by atoms with E-state index in [0.29, 0.717) is 24.9 Å². The lowest BCUT2D eigenvalue weighted by Crippen LogP contribution is -2.56. The number of ether oxygens (including phenoxy) is 1. The van der Waals surface area contributed by atoms with Crippen molar-refractivity contribution in [1.82, 2.24) is 20.0 Å². The Morgan fingerprint density at radius 2 is 1.74 bits per heavy atom. The van der Waals surface area contributed by atoms with Crippen molar-refractivity contribution in [2.24, 2.45) is 5.92 Å². The summed E-state index contributed by atoms with van der Waals surface area (Å²) in [5.74, 6) is 1.57. The normalized spacial score (nSPS) is 22.1. The molecule has 1 N–H and O–H groups in total. The van der Waals surface area contributed by atoms with E-state index in [1.54, 1.807) is 7.11 Å². The molecule has 2 heterocycles. The predicted octanol–water partition coefficient (Wildman–Crippen LogP) is 3.27. The van der Waals surface area contributed by atoms with Gasteiger partial charge in [-0.05, 0) is 56.0 Å². The van der Waals surface area contributed by atoms with Crippen molar-refractivity contribution in [2.75, 3.05) is 60.0 Å². The Kier molecular flexibility index (Phi) is 9.57. The van der Waals surface area contributed by atoms with Crippen LogP contribution in [0, 0.1) is 5.92 Å². The number of nitrogens with zero attached hydrogens (tertiary/aromatic N) is 3. The highest BCUT2D eigenvalue weighted by Gasteiger charge is 2.34. The van der Waals surface area contributed by atoms with Gasteiger partial charge in [0.25, 0.3) is 0 Å². The molecule has 2 atom stereocenters. The van der Waals surface area contributed by atoms with Crippen molar-refractivity contribution in [2.45, 2.75) is 38.3 Å². The number of carbonyl (C=O) groups excluding carboxylic acids is 1. The number of nitrogens with one attached hydrogen (secondary N) is 1. The van der Waals surface area contributed by atoms with E-state index in [2.05, 4.69) is 63.5 Å². The second-order valence-electron chi connectivity index (χ2n) is 10.1. The van der Waals surface area contributed by atoms with Gasteiger partial charge in [-0.2, -0.15) is 0 Å². The van der Waals surface area contributed by atoms with E-state index < -0.39 is 0 Å². The summed E-state index contributed by atoms with van der Waals surface area (Å²) in [6, 6.07) is 19.4. The summed E-state index contributed by atoms with van der Waals surface area (Å²) in [5, 5.41) is 3.14. The Hall–Kier alpha value is -2.41. The molecule has 2 saturated heterocycles. The SMILES string of the molecule is COc1ccccc1CCNC(=O)CC[C@@H]1CN(Cc2ccccc2)CC[C@@H]1N1CCN(C)CC1. The van der Waals surface area contributed by atoms with E-state index in [-0.39, 0.29) is 5.91 Å². The number of carbonyl (C=O) groups is 1. The maximum absolute atomic E-state index is 12.8. The lowest BCUT2D eigenvalue weighted by Gasteiger charge is -2.46. The van der Waals surface area contributed by atoms with Gasteiger partial charge < -0.3 is 15.0 Å². The number of piperazine rings is 1. The molecule has 0 unspecified atom stereocenters. The minimum atomic E-state index is 0.164. The fourth-order valence-corrected chi connectivity index (χ4v) is 5.65. The molecule has 35 heavy (non-hydrogen) atoms. The van der Waals surface area contributed by atoms with Crippen LogP contribution in [-0.4, -0.2) is 86.6 Å². The third-order valence-corrected chi connectivity index (χ3v) is 7.69. The average molecular weight is 479 g/mol. The molecule has 2 aromatic carbocycles. The zero-order valence-corrected chi connectivity index (χ0v) is 21.5. The van der Waals surface area contributed by atoms with Gasteiger partial charge in [0.15, 0.2) is 0 Å².